The van der Waals surface area contributed by atoms with E-state index in [1.807, 2.05) is 60.7 Å². The van der Waals surface area contributed by atoms with Crippen LogP contribution in [0.15, 0.2) is 99.6 Å². The lowest BCUT2D eigenvalue weighted by atomic mass is 10.3. The highest BCUT2D eigenvalue weighted by Crippen LogP contribution is 2.32. The van der Waals surface area contributed by atoms with Gasteiger partial charge in [-0.1, -0.05) is 36.4 Å². The van der Waals surface area contributed by atoms with E-state index in [0.717, 1.165) is 14.7 Å². The number of esters is 1. The Balaban J connectivity index is 1.90. The van der Waals surface area contributed by atoms with Gasteiger partial charge in [0.15, 0.2) is 14.7 Å². The molecule has 0 heterocycles. The third-order valence-corrected chi connectivity index (χ3v) is 6.83. The molecule has 0 saturated heterocycles. The van der Waals surface area contributed by atoms with Crippen molar-refractivity contribution in [1.29, 1.82) is 0 Å². The summed E-state index contributed by atoms with van der Waals surface area (Å²) in [5, 5.41) is -5.05. The molecule has 0 amide bonds. The van der Waals surface area contributed by atoms with Gasteiger partial charge in [0.25, 0.3) is 0 Å². The summed E-state index contributed by atoms with van der Waals surface area (Å²) in [6, 6.07) is 25.1. The fourth-order valence-corrected chi connectivity index (χ4v) is 4.77. The highest BCUT2D eigenvalue weighted by molar-refractivity contribution is 7.97. The van der Waals surface area contributed by atoms with Gasteiger partial charge in [-0.3, -0.25) is 4.55 Å². The molecular weight excluding hydrogens is 422 g/mol. The summed E-state index contributed by atoms with van der Waals surface area (Å²) in [4.78, 5) is 14.3. The molecule has 0 aromatic heterocycles. The third-order valence-electron chi connectivity index (χ3n) is 3.79. The normalized spacial score (nSPS) is 12.0. The van der Waals surface area contributed by atoms with Crippen LogP contribution in [0.25, 0.3) is 0 Å². The first-order chi connectivity index (χ1) is 13.7. The Kier molecular flexibility index (Phi) is 6.02. The van der Waals surface area contributed by atoms with Crippen LogP contribution in [0.1, 0.15) is 0 Å². The molecule has 1 N–H and O–H groups in total. The second-order valence-corrected chi connectivity index (χ2v) is 9.27. The van der Waals surface area contributed by atoms with E-state index in [-0.39, 0.29) is 5.75 Å². The molecule has 3 rings (SSSR count). The van der Waals surface area contributed by atoms with Crippen LogP contribution in [-0.4, -0.2) is 24.2 Å². The van der Waals surface area contributed by atoms with Crippen molar-refractivity contribution in [3.8, 4) is 5.75 Å². The van der Waals surface area contributed by atoms with Crippen molar-refractivity contribution in [2.45, 2.75) is 19.9 Å². The van der Waals surface area contributed by atoms with Crippen molar-refractivity contribution in [3.63, 3.8) is 0 Å². The van der Waals surface area contributed by atoms with E-state index < -0.39 is 32.2 Å². The van der Waals surface area contributed by atoms with Gasteiger partial charge < -0.3 is 4.74 Å². The fraction of sp³-hybridized carbons (Fsp3) is 0.0500. The Bertz CT molecular complexity index is 1050. The number of alkyl halides is 2. The van der Waals surface area contributed by atoms with Crippen molar-refractivity contribution in [2.75, 3.05) is 0 Å². The lowest BCUT2D eigenvalue weighted by Gasteiger charge is -2.12. The number of halogens is 2. The number of rotatable bonds is 6. The Morgan fingerprint density at radius 2 is 1.21 bits per heavy atom. The molecule has 0 saturated carbocycles. The van der Waals surface area contributed by atoms with Crippen LogP contribution in [0.2, 0.25) is 0 Å². The topological polar surface area (TPSA) is 80.7 Å². The Hall–Kier alpha value is -2.75. The number of carbonyl (C=O) groups excluding carboxylic acids is 1. The summed E-state index contributed by atoms with van der Waals surface area (Å²) < 4.78 is 60.9. The van der Waals surface area contributed by atoms with Gasteiger partial charge in [0, 0.05) is 0 Å². The monoisotopic (exact) mass is 437 g/mol. The molecule has 0 aliphatic rings. The summed E-state index contributed by atoms with van der Waals surface area (Å²) in [5.41, 5.74) is 0. The predicted molar refractivity (Wildman–Crippen MR) is 104 cm³/mol. The van der Waals surface area contributed by atoms with Crippen LogP contribution in [0.3, 0.4) is 0 Å². The smallest absolute Gasteiger partial charge is 0.421 e. The Morgan fingerprint density at radius 1 is 0.793 bits per heavy atom. The lowest BCUT2D eigenvalue weighted by molar-refractivity contribution is -0.151. The van der Waals surface area contributed by atoms with Crippen molar-refractivity contribution in [3.05, 3.63) is 84.9 Å². The van der Waals surface area contributed by atoms with Gasteiger partial charge in [0.2, 0.25) is 0 Å². The van der Waals surface area contributed by atoms with Gasteiger partial charge >= 0.3 is 21.3 Å². The molecule has 0 spiro atoms. The predicted octanol–water partition coefficient (Wildman–Crippen LogP) is 4.17. The zero-order chi connectivity index (χ0) is 21.1. The summed E-state index contributed by atoms with van der Waals surface area (Å²) in [7, 11) is -6.41. The molecule has 3 aromatic carbocycles. The van der Waals surface area contributed by atoms with E-state index in [4.69, 9.17) is 4.55 Å². The second kappa shape index (κ2) is 8.32. The second-order valence-electron chi connectivity index (χ2n) is 5.79. The minimum atomic E-state index is -5.92. The number of hydrogen-bond donors (Lipinski definition) is 1. The van der Waals surface area contributed by atoms with Crippen molar-refractivity contribution >= 4 is 27.0 Å². The fourth-order valence-electron chi connectivity index (χ4n) is 2.44. The maximum atomic E-state index is 13.3. The number of benzene rings is 3. The molecule has 0 fully saturated rings. The van der Waals surface area contributed by atoms with E-state index in [1.54, 1.807) is 12.1 Å². The minimum Gasteiger partial charge on any atom is -0.421 e. The quantitative estimate of drug-likeness (QED) is 0.271. The third kappa shape index (κ3) is 4.64. The number of carbonyl (C=O) groups is 1. The van der Waals surface area contributed by atoms with Crippen LogP contribution in [0.5, 0.6) is 5.75 Å². The largest absolute Gasteiger partial charge is 0.466 e. The Labute approximate surface area is 169 Å². The summed E-state index contributed by atoms with van der Waals surface area (Å²) in [6.45, 7) is 0. The van der Waals surface area contributed by atoms with E-state index in [0.29, 0.717) is 0 Å². The van der Waals surface area contributed by atoms with Gasteiger partial charge in [0.1, 0.15) is 5.75 Å². The van der Waals surface area contributed by atoms with Crippen molar-refractivity contribution in [2.24, 2.45) is 0 Å². The Morgan fingerprint density at radius 3 is 1.62 bits per heavy atom. The van der Waals surface area contributed by atoms with Crippen LogP contribution in [-0.2, 0) is 25.8 Å². The standard InChI is InChI=1S/C20H14F2O5S2/c21-20(22,29(24,25)26)19(23)27-15-11-13-18(14-12-15)28(16-7-3-1-4-8-16)17-9-5-2-6-10-17/h1-14H/p+1. The molecular formula is C20H15F2O5S2+. The average Bonchev–Trinajstić information content (AvgIpc) is 2.70. The van der Waals surface area contributed by atoms with Gasteiger partial charge in [-0.15, -0.1) is 0 Å². The van der Waals surface area contributed by atoms with Gasteiger partial charge in [0.05, 0.1) is 10.9 Å². The van der Waals surface area contributed by atoms with Crippen molar-refractivity contribution < 1.29 is 31.3 Å². The minimum absolute atomic E-state index is 0.272. The lowest BCUT2D eigenvalue weighted by Crippen LogP contribution is -2.40. The molecule has 9 heteroatoms. The molecule has 0 aliphatic carbocycles. The molecule has 0 unspecified atom stereocenters. The van der Waals surface area contributed by atoms with Gasteiger partial charge in [-0.05, 0) is 48.5 Å². The first-order valence-electron chi connectivity index (χ1n) is 8.22. The molecule has 0 atom stereocenters. The van der Waals surface area contributed by atoms with E-state index in [9.17, 15) is 22.0 Å². The highest BCUT2D eigenvalue weighted by Gasteiger charge is 2.54. The summed E-state index contributed by atoms with van der Waals surface area (Å²) in [6.07, 6.45) is 0. The van der Waals surface area contributed by atoms with Crippen LogP contribution < -0.4 is 4.74 Å². The number of hydrogen-bond acceptors (Lipinski definition) is 4. The molecule has 29 heavy (non-hydrogen) atoms. The number of ether oxygens (including phenoxy) is 1. The maximum Gasteiger partial charge on any atom is 0.466 e. The molecule has 0 radical (unpaired) electrons. The maximum absolute atomic E-state index is 13.3. The zero-order valence-electron chi connectivity index (χ0n) is 14.7. The molecule has 150 valence electrons. The first kappa shape index (κ1) is 21.0. The average molecular weight is 437 g/mol. The SMILES string of the molecule is O=C(Oc1ccc([S+](c2ccccc2)c2ccccc2)cc1)C(F)(F)S(=O)(=O)O. The summed E-state index contributed by atoms with van der Waals surface area (Å²) in [5.74, 6) is -2.65. The first-order valence-corrected chi connectivity index (χ1v) is 10.9. The van der Waals surface area contributed by atoms with E-state index in [1.165, 1.54) is 12.1 Å². The zero-order valence-corrected chi connectivity index (χ0v) is 16.4. The van der Waals surface area contributed by atoms with Crippen LogP contribution in [0, 0.1) is 0 Å². The van der Waals surface area contributed by atoms with Gasteiger partial charge in [-0.2, -0.15) is 17.2 Å². The molecule has 0 aliphatic heterocycles. The summed E-state index contributed by atoms with van der Waals surface area (Å²) >= 11 is 0. The van der Waals surface area contributed by atoms with Gasteiger partial charge in [-0.25, -0.2) is 4.79 Å². The molecule has 3 aromatic rings. The van der Waals surface area contributed by atoms with E-state index >= 15 is 0 Å². The highest BCUT2D eigenvalue weighted by atomic mass is 32.2. The molecule has 0 bridgehead atoms. The van der Waals surface area contributed by atoms with E-state index in [2.05, 4.69) is 4.74 Å². The van der Waals surface area contributed by atoms with Crippen LogP contribution >= 0.6 is 0 Å². The molecule has 5 nitrogen and oxygen atoms in total. The van der Waals surface area contributed by atoms with Crippen LogP contribution in [0.4, 0.5) is 8.78 Å². The van der Waals surface area contributed by atoms with Crippen molar-refractivity contribution in [1.82, 2.24) is 0 Å².